The highest BCUT2D eigenvalue weighted by molar-refractivity contribution is 6.04. The molecule has 0 aromatic heterocycles. The largest absolute Gasteiger partial charge is 0.393 e. The number of Topliss-reactive ketones (excluding diaryl/α,β-unsaturated/α-hetero) is 1. The summed E-state index contributed by atoms with van der Waals surface area (Å²) in [4.78, 5) is 24.3. The van der Waals surface area contributed by atoms with E-state index in [0.717, 1.165) is 31.3 Å². The number of hydrogen-bond donors (Lipinski definition) is 2. The summed E-state index contributed by atoms with van der Waals surface area (Å²) in [6, 6.07) is 0. The Morgan fingerprint density at radius 3 is 2.67 bits per heavy atom. The molecule has 4 aliphatic rings. The lowest BCUT2D eigenvalue weighted by Gasteiger charge is -2.59. The van der Waals surface area contributed by atoms with E-state index < -0.39 is 29.7 Å². The van der Waals surface area contributed by atoms with Crippen molar-refractivity contribution >= 4 is 11.6 Å². The third-order valence-electron chi connectivity index (χ3n) is 8.71. The summed E-state index contributed by atoms with van der Waals surface area (Å²) >= 11 is 0. The van der Waals surface area contributed by atoms with Gasteiger partial charge in [-0.3, -0.25) is 9.59 Å². The molecule has 4 rings (SSSR count). The van der Waals surface area contributed by atoms with E-state index in [9.17, 15) is 24.2 Å². The molecular weight excluding hydrogens is 347 g/mol. The first-order valence-corrected chi connectivity index (χ1v) is 10.1. The number of allylic oxidation sites excluding steroid dienone is 4. The first-order chi connectivity index (χ1) is 12.7. The highest BCUT2D eigenvalue weighted by Gasteiger charge is 2.63. The van der Waals surface area contributed by atoms with Crippen LogP contribution >= 0.6 is 0 Å². The molecule has 0 bridgehead atoms. The number of rotatable bonds is 2. The summed E-state index contributed by atoms with van der Waals surface area (Å²) in [6.45, 7) is 5.31. The molecule has 3 fully saturated rings. The molecule has 3 saturated carbocycles. The minimum atomic E-state index is -0.679. The molecule has 0 aliphatic heterocycles. The average Bonchev–Trinajstić information content (AvgIpc) is 2.97. The number of fused-ring (bicyclic) bond motifs is 5. The topological polar surface area (TPSA) is 74.6 Å². The summed E-state index contributed by atoms with van der Waals surface area (Å²) in [7, 11) is 0. The van der Waals surface area contributed by atoms with Gasteiger partial charge in [-0.25, -0.2) is 4.39 Å². The number of ketones is 2. The van der Waals surface area contributed by atoms with Gasteiger partial charge in [0.15, 0.2) is 11.6 Å². The molecule has 0 unspecified atom stereocenters. The molecule has 7 atom stereocenters. The van der Waals surface area contributed by atoms with E-state index in [4.69, 9.17) is 0 Å². The molecule has 0 heterocycles. The smallest absolute Gasteiger partial charge is 0.214 e. The standard InChI is InChI=1S/C22H29FO4/c1-11-20(23)16(25)8-12-4-5-13-14-6-7-15(18(27)10-24)21(14,2)9-17(26)19(13)22(11,12)3/h8,13-15,17,19,24,26H,4-7,9-10H2,1-3H3/t13-,14-,15+,17-,19+,21-,22-/m0/s1. The maximum Gasteiger partial charge on any atom is 0.214 e. The molecule has 0 aromatic carbocycles. The van der Waals surface area contributed by atoms with E-state index in [0.29, 0.717) is 12.0 Å². The zero-order valence-electron chi connectivity index (χ0n) is 16.3. The fraction of sp³-hybridized carbons (Fsp3) is 0.727. The SMILES string of the molecule is CC1=C(F)C(=O)C=C2CC[C@@H]3[C@H]([C@@H](O)C[C@]4(C)[C@@H](C(=O)CO)CC[C@@H]34)[C@]21C. The van der Waals surface area contributed by atoms with Crippen molar-refractivity contribution in [3.63, 3.8) is 0 Å². The molecule has 0 radical (unpaired) electrons. The van der Waals surface area contributed by atoms with Crippen molar-refractivity contribution in [2.24, 2.45) is 34.5 Å². The van der Waals surface area contributed by atoms with Gasteiger partial charge in [-0.05, 0) is 67.9 Å². The zero-order valence-corrected chi connectivity index (χ0v) is 16.3. The van der Waals surface area contributed by atoms with Crippen LogP contribution in [0.4, 0.5) is 4.39 Å². The second-order valence-corrected chi connectivity index (χ2v) is 9.54. The van der Waals surface area contributed by atoms with Crippen molar-refractivity contribution in [3.8, 4) is 0 Å². The molecule has 4 aliphatic carbocycles. The maximum absolute atomic E-state index is 14.6. The van der Waals surface area contributed by atoms with Crippen LogP contribution in [0.25, 0.3) is 0 Å². The molecular formula is C22H29FO4. The summed E-state index contributed by atoms with van der Waals surface area (Å²) in [5.41, 5.74) is 0.430. The van der Waals surface area contributed by atoms with Crippen molar-refractivity contribution in [3.05, 3.63) is 23.0 Å². The lowest BCUT2D eigenvalue weighted by atomic mass is 9.45. The Hall–Kier alpha value is -1.33. The molecule has 0 spiro atoms. The van der Waals surface area contributed by atoms with E-state index in [1.54, 1.807) is 6.92 Å². The number of halogens is 1. The predicted molar refractivity (Wildman–Crippen MR) is 98.3 cm³/mol. The summed E-state index contributed by atoms with van der Waals surface area (Å²) in [5, 5.41) is 20.6. The minimum Gasteiger partial charge on any atom is -0.393 e. The van der Waals surface area contributed by atoms with Gasteiger partial charge >= 0.3 is 0 Å². The molecule has 0 amide bonds. The van der Waals surface area contributed by atoms with Crippen molar-refractivity contribution in [1.82, 2.24) is 0 Å². The van der Waals surface area contributed by atoms with Gasteiger partial charge in [0.05, 0.1) is 6.10 Å². The van der Waals surface area contributed by atoms with Crippen LogP contribution < -0.4 is 0 Å². The Balaban J connectivity index is 1.77. The predicted octanol–water partition coefficient (Wildman–Crippen LogP) is 3.13. The van der Waals surface area contributed by atoms with Crippen LogP contribution in [0.5, 0.6) is 0 Å². The molecule has 148 valence electrons. The summed E-state index contributed by atoms with van der Waals surface area (Å²) in [6.07, 6.45) is 4.51. The first-order valence-electron chi connectivity index (χ1n) is 10.1. The van der Waals surface area contributed by atoms with Gasteiger partial charge in [-0.1, -0.05) is 19.4 Å². The van der Waals surface area contributed by atoms with E-state index in [2.05, 4.69) is 6.92 Å². The Morgan fingerprint density at radius 1 is 1.30 bits per heavy atom. The van der Waals surface area contributed by atoms with Crippen LogP contribution in [0.2, 0.25) is 0 Å². The van der Waals surface area contributed by atoms with E-state index in [1.165, 1.54) is 6.08 Å². The lowest BCUT2D eigenvalue weighted by Crippen LogP contribution is -2.57. The fourth-order valence-corrected chi connectivity index (χ4v) is 7.35. The van der Waals surface area contributed by atoms with E-state index >= 15 is 0 Å². The Kier molecular flexibility index (Phi) is 4.28. The average molecular weight is 376 g/mol. The summed E-state index contributed by atoms with van der Waals surface area (Å²) < 4.78 is 14.6. The Morgan fingerprint density at radius 2 is 2.00 bits per heavy atom. The van der Waals surface area contributed by atoms with Gasteiger partial charge in [0, 0.05) is 17.3 Å². The van der Waals surface area contributed by atoms with Gasteiger partial charge in [-0.2, -0.15) is 0 Å². The molecule has 27 heavy (non-hydrogen) atoms. The molecule has 4 nitrogen and oxygen atoms in total. The quantitative estimate of drug-likeness (QED) is 0.776. The number of hydrogen-bond acceptors (Lipinski definition) is 4. The van der Waals surface area contributed by atoms with Crippen LogP contribution in [0.15, 0.2) is 23.0 Å². The molecule has 5 heteroatoms. The number of carbonyl (C=O) groups excluding carboxylic acids is 2. The first kappa shape index (κ1) is 19.0. The van der Waals surface area contributed by atoms with Crippen LogP contribution in [0.3, 0.4) is 0 Å². The highest BCUT2D eigenvalue weighted by Crippen LogP contribution is 2.67. The van der Waals surface area contributed by atoms with Crippen LogP contribution in [-0.2, 0) is 9.59 Å². The number of aliphatic hydroxyl groups is 2. The van der Waals surface area contributed by atoms with Crippen LogP contribution in [0, 0.1) is 34.5 Å². The van der Waals surface area contributed by atoms with Crippen LogP contribution in [-0.4, -0.2) is 34.5 Å². The minimum absolute atomic E-state index is 0.126. The van der Waals surface area contributed by atoms with E-state index in [-0.39, 0.29) is 34.9 Å². The number of carbonyl (C=O) groups is 2. The number of aliphatic hydroxyl groups excluding tert-OH is 2. The highest BCUT2D eigenvalue weighted by atomic mass is 19.1. The summed E-state index contributed by atoms with van der Waals surface area (Å²) in [5.74, 6) is -1.25. The zero-order chi connectivity index (χ0) is 19.7. The van der Waals surface area contributed by atoms with Gasteiger partial charge < -0.3 is 10.2 Å². The van der Waals surface area contributed by atoms with Gasteiger partial charge in [0.25, 0.3) is 0 Å². The Labute approximate surface area is 159 Å². The van der Waals surface area contributed by atoms with Crippen molar-refractivity contribution < 1.29 is 24.2 Å². The van der Waals surface area contributed by atoms with Gasteiger partial charge in [0.2, 0.25) is 5.78 Å². The van der Waals surface area contributed by atoms with E-state index in [1.807, 2.05) is 6.92 Å². The van der Waals surface area contributed by atoms with Gasteiger partial charge in [-0.15, -0.1) is 0 Å². The lowest BCUT2D eigenvalue weighted by molar-refractivity contribution is -0.142. The molecule has 2 N–H and O–H groups in total. The Bertz CT molecular complexity index is 768. The maximum atomic E-state index is 14.6. The molecule has 0 aromatic rings. The second kappa shape index (κ2) is 6.08. The van der Waals surface area contributed by atoms with Crippen LogP contribution in [0.1, 0.15) is 52.9 Å². The fourth-order valence-electron chi connectivity index (χ4n) is 7.35. The van der Waals surface area contributed by atoms with Crippen molar-refractivity contribution in [1.29, 1.82) is 0 Å². The second-order valence-electron chi connectivity index (χ2n) is 9.54. The molecule has 0 saturated heterocycles. The van der Waals surface area contributed by atoms with Crippen molar-refractivity contribution in [2.45, 2.75) is 59.0 Å². The normalized spacial score (nSPS) is 46.5. The van der Waals surface area contributed by atoms with Crippen molar-refractivity contribution in [2.75, 3.05) is 6.61 Å². The monoisotopic (exact) mass is 376 g/mol. The third kappa shape index (κ3) is 2.34. The van der Waals surface area contributed by atoms with Gasteiger partial charge in [0.1, 0.15) is 6.61 Å². The third-order valence-corrected chi connectivity index (χ3v) is 8.71.